The number of carbonyl (C=O) groups is 1. The van der Waals surface area contributed by atoms with Crippen LogP contribution in [0.15, 0.2) is 30.6 Å². The van der Waals surface area contributed by atoms with Crippen LogP contribution in [0.1, 0.15) is 47.1 Å². The summed E-state index contributed by atoms with van der Waals surface area (Å²) < 4.78 is 11.5. The first-order valence-electron chi connectivity index (χ1n) is 8.71. The van der Waals surface area contributed by atoms with Gasteiger partial charge in [0.15, 0.2) is 11.5 Å². The zero-order valence-electron chi connectivity index (χ0n) is 14.3. The second kappa shape index (κ2) is 6.70. The molecule has 1 aromatic heterocycles. The van der Waals surface area contributed by atoms with E-state index in [1.54, 1.807) is 12.4 Å². The van der Waals surface area contributed by atoms with Crippen LogP contribution in [-0.4, -0.2) is 40.5 Å². The molecule has 0 aliphatic carbocycles. The molecule has 25 heavy (non-hydrogen) atoms. The summed E-state index contributed by atoms with van der Waals surface area (Å²) in [6, 6.07) is 6.03. The van der Waals surface area contributed by atoms with Crippen LogP contribution in [0.3, 0.4) is 0 Å². The summed E-state index contributed by atoms with van der Waals surface area (Å²) in [7, 11) is 0. The van der Waals surface area contributed by atoms with E-state index in [0.29, 0.717) is 18.9 Å². The zero-order chi connectivity index (χ0) is 17.2. The summed E-state index contributed by atoms with van der Waals surface area (Å²) in [5.74, 6) is 1.48. The molecule has 2 aliphatic heterocycles. The summed E-state index contributed by atoms with van der Waals surface area (Å²) in [6.45, 7) is 3.92. The van der Waals surface area contributed by atoms with E-state index in [2.05, 4.69) is 9.97 Å². The molecule has 3 heterocycles. The van der Waals surface area contributed by atoms with Gasteiger partial charge in [0.2, 0.25) is 0 Å². The summed E-state index contributed by atoms with van der Waals surface area (Å²) in [5, 5.41) is 0. The summed E-state index contributed by atoms with van der Waals surface area (Å²) in [4.78, 5) is 23.2. The maximum absolute atomic E-state index is 12.9. The fourth-order valence-electron chi connectivity index (χ4n) is 3.39. The molecule has 1 aromatic carbocycles. The monoisotopic (exact) mass is 339 g/mol. The van der Waals surface area contributed by atoms with Gasteiger partial charge in [-0.05, 0) is 37.5 Å². The normalized spacial score (nSPS) is 19.6. The third-order valence-corrected chi connectivity index (χ3v) is 4.67. The Hall–Kier alpha value is -2.63. The number of fused-ring (bicyclic) bond motifs is 1. The van der Waals surface area contributed by atoms with Crippen molar-refractivity contribution < 1.29 is 14.3 Å². The number of amides is 1. The molecule has 6 nitrogen and oxygen atoms in total. The second-order valence-electron chi connectivity index (χ2n) is 6.46. The molecule has 4 rings (SSSR count). The van der Waals surface area contributed by atoms with E-state index in [-0.39, 0.29) is 11.9 Å². The molecule has 0 saturated carbocycles. The van der Waals surface area contributed by atoms with Crippen molar-refractivity contribution >= 4 is 5.91 Å². The van der Waals surface area contributed by atoms with Gasteiger partial charge in [-0.15, -0.1) is 0 Å². The molecule has 1 unspecified atom stereocenters. The summed E-state index contributed by atoms with van der Waals surface area (Å²) >= 11 is 0. The lowest BCUT2D eigenvalue weighted by molar-refractivity contribution is 0.0729. The maximum Gasteiger partial charge on any atom is 0.274 e. The van der Waals surface area contributed by atoms with Crippen LogP contribution >= 0.6 is 0 Å². The average Bonchev–Trinajstić information content (AvgIpc) is 3.00. The van der Waals surface area contributed by atoms with Crippen molar-refractivity contribution in [1.29, 1.82) is 0 Å². The van der Waals surface area contributed by atoms with E-state index >= 15 is 0 Å². The smallest absolute Gasteiger partial charge is 0.274 e. The lowest BCUT2D eigenvalue weighted by Crippen LogP contribution is -2.31. The molecular formula is C19H21N3O3. The molecule has 1 atom stereocenters. The highest BCUT2D eigenvalue weighted by atomic mass is 16.5. The average molecular weight is 339 g/mol. The Balaban J connectivity index is 1.60. The van der Waals surface area contributed by atoms with E-state index in [1.807, 2.05) is 30.0 Å². The number of aromatic nitrogens is 2. The van der Waals surface area contributed by atoms with Crippen molar-refractivity contribution in [3.63, 3.8) is 0 Å². The van der Waals surface area contributed by atoms with Crippen molar-refractivity contribution in [2.24, 2.45) is 0 Å². The molecule has 1 saturated heterocycles. The first-order valence-corrected chi connectivity index (χ1v) is 8.71. The van der Waals surface area contributed by atoms with Gasteiger partial charge in [0.05, 0.1) is 31.1 Å². The largest absolute Gasteiger partial charge is 0.490 e. The van der Waals surface area contributed by atoms with Gasteiger partial charge in [0.1, 0.15) is 5.69 Å². The van der Waals surface area contributed by atoms with Gasteiger partial charge in [-0.1, -0.05) is 6.07 Å². The number of ether oxygens (including phenoxy) is 2. The predicted molar refractivity (Wildman–Crippen MR) is 91.8 cm³/mol. The van der Waals surface area contributed by atoms with Crippen LogP contribution in [0, 0.1) is 6.92 Å². The highest BCUT2D eigenvalue weighted by Crippen LogP contribution is 2.38. The Labute approximate surface area is 146 Å². The molecular weight excluding hydrogens is 318 g/mol. The van der Waals surface area contributed by atoms with Gasteiger partial charge >= 0.3 is 0 Å². The molecule has 0 radical (unpaired) electrons. The first kappa shape index (κ1) is 15.9. The molecule has 0 bridgehead atoms. The van der Waals surface area contributed by atoms with Crippen molar-refractivity contribution in [3.05, 3.63) is 47.5 Å². The number of benzene rings is 1. The van der Waals surface area contributed by atoms with Crippen LogP contribution in [0.5, 0.6) is 11.5 Å². The van der Waals surface area contributed by atoms with E-state index in [4.69, 9.17) is 9.47 Å². The van der Waals surface area contributed by atoms with Crippen LogP contribution in [0.2, 0.25) is 0 Å². The number of hydrogen-bond acceptors (Lipinski definition) is 5. The minimum atomic E-state index is -0.0675. The first-order chi connectivity index (χ1) is 12.2. The van der Waals surface area contributed by atoms with E-state index in [1.165, 1.54) is 0 Å². The summed E-state index contributed by atoms with van der Waals surface area (Å²) in [5.41, 5.74) is 2.28. The van der Waals surface area contributed by atoms with E-state index < -0.39 is 0 Å². The molecule has 2 aromatic rings. The molecule has 6 heteroatoms. The highest BCUT2D eigenvalue weighted by Gasteiger charge is 2.32. The minimum Gasteiger partial charge on any atom is -0.490 e. The Morgan fingerprint density at radius 3 is 2.76 bits per heavy atom. The van der Waals surface area contributed by atoms with Crippen molar-refractivity contribution in [2.45, 2.75) is 32.2 Å². The van der Waals surface area contributed by atoms with Gasteiger partial charge < -0.3 is 14.4 Å². The molecule has 130 valence electrons. The molecule has 1 fully saturated rings. The number of likely N-dealkylation sites (tertiary alicyclic amines) is 1. The van der Waals surface area contributed by atoms with Crippen molar-refractivity contribution in [2.75, 3.05) is 19.8 Å². The lowest BCUT2D eigenvalue weighted by atomic mass is 10.0. The number of aryl methyl sites for hydroxylation is 1. The van der Waals surface area contributed by atoms with Gasteiger partial charge in [-0.2, -0.15) is 0 Å². The quantitative estimate of drug-likeness (QED) is 0.842. The molecule has 1 amide bonds. The summed E-state index contributed by atoms with van der Waals surface area (Å²) in [6.07, 6.45) is 5.98. The minimum absolute atomic E-state index is 0.0350. The Morgan fingerprint density at radius 2 is 1.96 bits per heavy atom. The van der Waals surface area contributed by atoms with Crippen LogP contribution in [0.4, 0.5) is 0 Å². The number of rotatable bonds is 2. The topological polar surface area (TPSA) is 64.6 Å². The SMILES string of the molecule is Cc1cnc(C(=O)N2CCCC2c2ccc3c(c2)OCCCO3)cn1. The molecule has 0 spiro atoms. The highest BCUT2D eigenvalue weighted by molar-refractivity contribution is 5.92. The van der Waals surface area contributed by atoms with Crippen LogP contribution in [-0.2, 0) is 0 Å². The van der Waals surface area contributed by atoms with E-state index in [0.717, 1.165) is 48.6 Å². The van der Waals surface area contributed by atoms with Gasteiger partial charge in [-0.25, -0.2) is 4.98 Å². The van der Waals surface area contributed by atoms with Crippen LogP contribution in [0.25, 0.3) is 0 Å². The fourth-order valence-corrected chi connectivity index (χ4v) is 3.39. The second-order valence-corrected chi connectivity index (χ2v) is 6.46. The number of carbonyl (C=O) groups excluding carboxylic acids is 1. The van der Waals surface area contributed by atoms with Crippen molar-refractivity contribution in [3.8, 4) is 11.5 Å². The Bertz CT molecular complexity index is 776. The Kier molecular flexibility index (Phi) is 4.26. The third kappa shape index (κ3) is 3.16. The fraction of sp³-hybridized carbons (Fsp3) is 0.421. The number of nitrogens with zero attached hydrogens (tertiary/aromatic N) is 3. The molecule has 0 N–H and O–H groups in total. The lowest BCUT2D eigenvalue weighted by Gasteiger charge is -2.25. The van der Waals surface area contributed by atoms with Gasteiger partial charge in [0.25, 0.3) is 5.91 Å². The van der Waals surface area contributed by atoms with Crippen LogP contribution < -0.4 is 9.47 Å². The van der Waals surface area contributed by atoms with Gasteiger partial charge in [-0.3, -0.25) is 9.78 Å². The molecule has 2 aliphatic rings. The number of hydrogen-bond donors (Lipinski definition) is 0. The van der Waals surface area contributed by atoms with Crippen molar-refractivity contribution in [1.82, 2.24) is 14.9 Å². The van der Waals surface area contributed by atoms with Gasteiger partial charge in [0, 0.05) is 19.2 Å². The third-order valence-electron chi connectivity index (χ3n) is 4.67. The predicted octanol–water partition coefficient (Wildman–Crippen LogP) is 2.92. The maximum atomic E-state index is 12.9. The standard InChI is InChI=1S/C19H21N3O3/c1-13-11-21-15(12-20-13)19(23)22-7-2-4-16(22)14-5-6-17-18(10-14)25-9-3-8-24-17/h5-6,10-12,16H,2-4,7-9H2,1H3. The van der Waals surface area contributed by atoms with E-state index in [9.17, 15) is 4.79 Å². The zero-order valence-corrected chi connectivity index (χ0v) is 14.3. The Morgan fingerprint density at radius 1 is 1.12 bits per heavy atom.